The van der Waals surface area contributed by atoms with Gasteiger partial charge < -0.3 is 14.6 Å². The Morgan fingerprint density at radius 2 is 1.79 bits per heavy atom. The van der Waals surface area contributed by atoms with E-state index in [0.717, 1.165) is 11.3 Å². The van der Waals surface area contributed by atoms with Crippen molar-refractivity contribution in [1.29, 1.82) is 0 Å². The van der Waals surface area contributed by atoms with E-state index in [1.165, 1.54) is 12.1 Å². The lowest BCUT2D eigenvalue weighted by Crippen LogP contribution is -2.05. The SMILES string of the molecule is COc1ccc(COC(=O)c2ccccc2O)cc1. The van der Waals surface area contributed by atoms with E-state index in [9.17, 15) is 9.90 Å². The van der Waals surface area contributed by atoms with Crippen LogP contribution in [0.15, 0.2) is 48.5 Å². The van der Waals surface area contributed by atoms with E-state index < -0.39 is 5.97 Å². The van der Waals surface area contributed by atoms with Crippen LogP contribution in [-0.2, 0) is 11.3 Å². The molecule has 2 aromatic rings. The van der Waals surface area contributed by atoms with Crippen LogP contribution in [0.1, 0.15) is 15.9 Å². The van der Waals surface area contributed by atoms with Gasteiger partial charge in [0, 0.05) is 0 Å². The molecule has 0 radical (unpaired) electrons. The molecule has 0 spiro atoms. The minimum Gasteiger partial charge on any atom is -0.507 e. The molecule has 2 rings (SSSR count). The van der Waals surface area contributed by atoms with E-state index in [2.05, 4.69) is 0 Å². The second-order valence-corrected chi connectivity index (χ2v) is 3.94. The Morgan fingerprint density at radius 3 is 2.42 bits per heavy atom. The maximum Gasteiger partial charge on any atom is 0.342 e. The van der Waals surface area contributed by atoms with Crippen LogP contribution in [0.25, 0.3) is 0 Å². The largest absolute Gasteiger partial charge is 0.507 e. The number of para-hydroxylation sites is 1. The van der Waals surface area contributed by atoms with E-state index in [4.69, 9.17) is 9.47 Å². The lowest BCUT2D eigenvalue weighted by atomic mass is 10.2. The molecule has 0 aliphatic heterocycles. The zero-order chi connectivity index (χ0) is 13.7. The van der Waals surface area contributed by atoms with Crippen LogP contribution >= 0.6 is 0 Å². The highest BCUT2D eigenvalue weighted by atomic mass is 16.5. The smallest absolute Gasteiger partial charge is 0.342 e. The van der Waals surface area contributed by atoms with E-state index in [0.29, 0.717) is 0 Å². The van der Waals surface area contributed by atoms with Gasteiger partial charge in [-0.05, 0) is 29.8 Å². The van der Waals surface area contributed by atoms with Crippen molar-refractivity contribution in [3.63, 3.8) is 0 Å². The standard InChI is InChI=1S/C15H14O4/c1-18-12-8-6-11(7-9-12)10-19-15(17)13-4-2-3-5-14(13)16/h2-9,16H,10H2,1H3. The number of methoxy groups -OCH3 is 1. The molecule has 4 heteroatoms. The molecule has 0 bridgehead atoms. The molecule has 0 amide bonds. The summed E-state index contributed by atoms with van der Waals surface area (Å²) in [5.74, 6) is 0.118. The second-order valence-electron chi connectivity index (χ2n) is 3.94. The number of benzene rings is 2. The molecular weight excluding hydrogens is 244 g/mol. The Kier molecular flexibility index (Phi) is 4.03. The maximum atomic E-state index is 11.8. The first-order chi connectivity index (χ1) is 9.20. The first kappa shape index (κ1) is 13.0. The fraction of sp³-hybridized carbons (Fsp3) is 0.133. The highest BCUT2D eigenvalue weighted by Gasteiger charge is 2.11. The Morgan fingerprint density at radius 1 is 1.11 bits per heavy atom. The molecule has 1 N–H and O–H groups in total. The zero-order valence-corrected chi connectivity index (χ0v) is 10.5. The Bertz CT molecular complexity index is 561. The summed E-state index contributed by atoms with van der Waals surface area (Å²) in [7, 11) is 1.59. The highest BCUT2D eigenvalue weighted by molar-refractivity contribution is 5.92. The van der Waals surface area contributed by atoms with Gasteiger partial charge in [0.15, 0.2) is 0 Å². The number of phenols is 1. The Balaban J connectivity index is 1.98. The summed E-state index contributed by atoms with van der Waals surface area (Å²) in [4.78, 5) is 11.8. The first-order valence-corrected chi connectivity index (χ1v) is 5.79. The second kappa shape index (κ2) is 5.91. The Labute approximate surface area is 111 Å². The molecule has 0 aliphatic carbocycles. The molecule has 0 saturated carbocycles. The van der Waals surface area contributed by atoms with Crippen molar-refractivity contribution < 1.29 is 19.4 Å². The van der Waals surface area contributed by atoms with E-state index in [1.54, 1.807) is 31.4 Å². The number of esters is 1. The van der Waals surface area contributed by atoms with Crippen molar-refractivity contribution >= 4 is 5.97 Å². The Hall–Kier alpha value is -2.49. The summed E-state index contributed by atoms with van der Waals surface area (Å²) in [6, 6.07) is 13.5. The van der Waals surface area contributed by atoms with Crippen LogP contribution in [-0.4, -0.2) is 18.2 Å². The van der Waals surface area contributed by atoms with Crippen molar-refractivity contribution in [1.82, 2.24) is 0 Å². The fourth-order valence-electron chi connectivity index (χ4n) is 1.59. The first-order valence-electron chi connectivity index (χ1n) is 5.79. The third-order valence-corrected chi connectivity index (χ3v) is 2.65. The van der Waals surface area contributed by atoms with Crippen LogP contribution in [0.2, 0.25) is 0 Å². The van der Waals surface area contributed by atoms with Gasteiger partial charge in [-0.3, -0.25) is 0 Å². The van der Waals surface area contributed by atoms with Crippen molar-refractivity contribution in [2.45, 2.75) is 6.61 Å². The summed E-state index contributed by atoms with van der Waals surface area (Å²) >= 11 is 0. The summed E-state index contributed by atoms with van der Waals surface area (Å²) in [6.07, 6.45) is 0. The lowest BCUT2D eigenvalue weighted by Gasteiger charge is -2.07. The number of hydrogen-bond acceptors (Lipinski definition) is 4. The van der Waals surface area contributed by atoms with Gasteiger partial charge in [0.25, 0.3) is 0 Å². The third kappa shape index (κ3) is 3.25. The number of ether oxygens (including phenoxy) is 2. The van der Waals surface area contributed by atoms with Crippen LogP contribution in [0, 0.1) is 0 Å². The minimum atomic E-state index is -0.547. The average Bonchev–Trinajstić information content (AvgIpc) is 2.46. The number of carbonyl (C=O) groups is 1. The quantitative estimate of drug-likeness (QED) is 0.857. The van der Waals surface area contributed by atoms with E-state index in [-0.39, 0.29) is 17.9 Å². The molecule has 0 aromatic heterocycles. The van der Waals surface area contributed by atoms with Gasteiger partial charge in [0.1, 0.15) is 23.7 Å². The molecule has 0 aliphatic rings. The number of hydrogen-bond donors (Lipinski definition) is 1. The fourth-order valence-corrected chi connectivity index (χ4v) is 1.59. The van der Waals surface area contributed by atoms with Crippen molar-refractivity contribution in [2.75, 3.05) is 7.11 Å². The molecule has 98 valence electrons. The predicted octanol–water partition coefficient (Wildman–Crippen LogP) is 2.76. The van der Waals surface area contributed by atoms with Crippen LogP contribution in [0.4, 0.5) is 0 Å². The van der Waals surface area contributed by atoms with Gasteiger partial charge in [0.05, 0.1) is 7.11 Å². The molecular formula is C15H14O4. The van der Waals surface area contributed by atoms with Gasteiger partial charge in [-0.25, -0.2) is 4.79 Å². The molecule has 4 nitrogen and oxygen atoms in total. The molecule has 0 saturated heterocycles. The summed E-state index contributed by atoms with van der Waals surface area (Å²) in [6.45, 7) is 0.150. The normalized spacial score (nSPS) is 9.95. The third-order valence-electron chi connectivity index (χ3n) is 2.65. The molecule has 0 heterocycles. The van der Waals surface area contributed by atoms with Crippen LogP contribution in [0.5, 0.6) is 11.5 Å². The average molecular weight is 258 g/mol. The summed E-state index contributed by atoms with van der Waals surface area (Å²) < 4.78 is 10.2. The van der Waals surface area contributed by atoms with Gasteiger partial charge in [-0.1, -0.05) is 24.3 Å². The van der Waals surface area contributed by atoms with Gasteiger partial charge in [0.2, 0.25) is 0 Å². The van der Waals surface area contributed by atoms with Crippen LogP contribution in [0.3, 0.4) is 0 Å². The molecule has 0 fully saturated rings. The van der Waals surface area contributed by atoms with E-state index >= 15 is 0 Å². The van der Waals surface area contributed by atoms with E-state index in [1.807, 2.05) is 12.1 Å². The molecule has 2 aromatic carbocycles. The predicted molar refractivity (Wildman–Crippen MR) is 70.2 cm³/mol. The summed E-state index contributed by atoms with van der Waals surface area (Å²) in [5.41, 5.74) is 1.01. The molecule has 19 heavy (non-hydrogen) atoms. The topological polar surface area (TPSA) is 55.8 Å². The van der Waals surface area contributed by atoms with Crippen molar-refractivity contribution in [3.8, 4) is 11.5 Å². The number of rotatable bonds is 4. The lowest BCUT2D eigenvalue weighted by molar-refractivity contribution is 0.0469. The molecule has 0 unspecified atom stereocenters. The van der Waals surface area contributed by atoms with Gasteiger partial charge >= 0.3 is 5.97 Å². The number of aromatic hydroxyl groups is 1. The van der Waals surface area contributed by atoms with Crippen molar-refractivity contribution in [2.24, 2.45) is 0 Å². The summed E-state index contributed by atoms with van der Waals surface area (Å²) in [5, 5.41) is 9.53. The van der Waals surface area contributed by atoms with Crippen molar-refractivity contribution in [3.05, 3.63) is 59.7 Å². The van der Waals surface area contributed by atoms with Crippen LogP contribution < -0.4 is 4.74 Å². The number of phenolic OH excluding ortho intramolecular Hbond substituents is 1. The highest BCUT2D eigenvalue weighted by Crippen LogP contribution is 2.18. The van der Waals surface area contributed by atoms with Gasteiger partial charge in [-0.2, -0.15) is 0 Å². The zero-order valence-electron chi connectivity index (χ0n) is 10.5. The molecule has 0 atom stereocenters. The monoisotopic (exact) mass is 258 g/mol. The van der Waals surface area contributed by atoms with Gasteiger partial charge in [-0.15, -0.1) is 0 Å². The minimum absolute atomic E-state index is 0.0813. The maximum absolute atomic E-state index is 11.8. The number of carbonyl (C=O) groups excluding carboxylic acids is 1.